The Balaban J connectivity index is 2.46. The molecule has 2 rings (SSSR count). The van der Waals surface area contributed by atoms with Gasteiger partial charge in [0.15, 0.2) is 0 Å². The number of imidazole rings is 1. The second-order valence-electron chi connectivity index (χ2n) is 5.47. The van der Waals surface area contributed by atoms with Crippen LogP contribution in [0.3, 0.4) is 0 Å². The Bertz CT molecular complexity index is 510. The van der Waals surface area contributed by atoms with E-state index in [-0.39, 0.29) is 5.91 Å². The molecule has 1 fully saturated rings. The minimum atomic E-state index is -0.836. The Hall–Kier alpha value is -1.85. The summed E-state index contributed by atoms with van der Waals surface area (Å²) in [5.74, 6) is -1.36. The lowest BCUT2D eigenvalue weighted by molar-refractivity contribution is -0.146. The molecule has 21 heavy (non-hydrogen) atoms. The maximum atomic E-state index is 12.3. The van der Waals surface area contributed by atoms with E-state index in [9.17, 15) is 14.7 Å². The summed E-state index contributed by atoms with van der Waals surface area (Å²) in [5, 5.41) is 9.59. The van der Waals surface area contributed by atoms with Crippen LogP contribution in [-0.4, -0.2) is 38.0 Å². The molecule has 1 saturated heterocycles. The van der Waals surface area contributed by atoms with Crippen molar-refractivity contribution < 1.29 is 14.7 Å². The predicted molar refractivity (Wildman–Crippen MR) is 77.6 cm³/mol. The van der Waals surface area contributed by atoms with Crippen molar-refractivity contribution in [3.63, 3.8) is 0 Å². The van der Waals surface area contributed by atoms with E-state index in [1.165, 1.54) is 0 Å². The summed E-state index contributed by atoms with van der Waals surface area (Å²) in [5.41, 5.74) is 0.835. The Morgan fingerprint density at radius 1 is 1.48 bits per heavy atom. The fraction of sp³-hybridized carbons (Fsp3) is 0.667. The standard InChI is InChI=1S/C15H23N3O3/c1-3-8-17-10-16-9-12(17)14-11(15(20)21)6-5-7-13(19)18(14)4-2/h9-11,14H,3-8H2,1-2H3,(H,20,21). The van der Waals surface area contributed by atoms with Crippen LogP contribution >= 0.6 is 0 Å². The predicted octanol–water partition coefficient (Wildman–Crippen LogP) is 2.07. The third-order valence-corrected chi connectivity index (χ3v) is 4.11. The van der Waals surface area contributed by atoms with Gasteiger partial charge in [0.1, 0.15) is 0 Å². The number of carboxylic acids is 1. The van der Waals surface area contributed by atoms with Crippen molar-refractivity contribution in [1.29, 1.82) is 0 Å². The molecule has 1 aromatic heterocycles. The lowest BCUT2D eigenvalue weighted by Crippen LogP contribution is -2.39. The number of hydrogen-bond donors (Lipinski definition) is 1. The Morgan fingerprint density at radius 3 is 2.86 bits per heavy atom. The molecule has 0 bridgehead atoms. The number of carbonyl (C=O) groups is 2. The van der Waals surface area contributed by atoms with Gasteiger partial charge in [-0.3, -0.25) is 9.59 Å². The summed E-state index contributed by atoms with van der Waals surface area (Å²) < 4.78 is 1.97. The number of nitrogens with zero attached hydrogens (tertiary/aromatic N) is 3. The first-order valence-corrected chi connectivity index (χ1v) is 7.62. The summed E-state index contributed by atoms with van der Waals surface area (Å²) in [6, 6.07) is -0.420. The van der Waals surface area contributed by atoms with Gasteiger partial charge in [-0.2, -0.15) is 0 Å². The molecule has 1 aromatic rings. The van der Waals surface area contributed by atoms with Gasteiger partial charge in [0.25, 0.3) is 0 Å². The number of hydrogen-bond acceptors (Lipinski definition) is 3. The Kier molecular flexibility index (Phi) is 4.98. The van der Waals surface area contributed by atoms with Crippen molar-refractivity contribution in [2.24, 2.45) is 5.92 Å². The van der Waals surface area contributed by atoms with Gasteiger partial charge in [-0.1, -0.05) is 6.92 Å². The van der Waals surface area contributed by atoms with Crippen molar-refractivity contribution in [3.8, 4) is 0 Å². The summed E-state index contributed by atoms with van der Waals surface area (Å²) in [7, 11) is 0. The summed E-state index contributed by atoms with van der Waals surface area (Å²) >= 11 is 0. The van der Waals surface area contributed by atoms with E-state index in [1.54, 1.807) is 17.4 Å². The van der Waals surface area contributed by atoms with Gasteiger partial charge < -0.3 is 14.6 Å². The van der Waals surface area contributed by atoms with Gasteiger partial charge in [0, 0.05) is 19.5 Å². The van der Waals surface area contributed by atoms with Crippen molar-refractivity contribution in [3.05, 3.63) is 18.2 Å². The molecular weight excluding hydrogens is 270 g/mol. The minimum absolute atomic E-state index is 0.0375. The van der Waals surface area contributed by atoms with E-state index in [2.05, 4.69) is 11.9 Å². The summed E-state index contributed by atoms with van der Waals surface area (Å²) in [6.07, 6.45) is 5.95. The van der Waals surface area contributed by atoms with Gasteiger partial charge in [-0.05, 0) is 26.2 Å². The van der Waals surface area contributed by atoms with Crippen LogP contribution in [0.4, 0.5) is 0 Å². The zero-order valence-electron chi connectivity index (χ0n) is 12.7. The van der Waals surface area contributed by atoms with Gasteiger partial charge >= 0.3 is 5.97 Å². The highest BCUT2D eigenvalue weighted by Gasteiger charge is 2.39. The second-order valence-corrected chi connectivity index (χ2v) is 5.47. The van der Waals surface area contributed by atoms with Gasteiger partial charge in [-0.25, -0.2) is 4.98 Å². The molecule has 0 aromatic carbocycles. The summed E-state index contributed by atoms with van der Waals surface area (Å²) in [6.45, 7) is 5.26. The maximum Gasteiger partial charge on any atom is 0.309 e. The van der Waals surface area contributed by atoms with Crippen LogP contribution in [0.5, 0.6) is 0 Å². The smallest absolute Gasteiger partial charge is 0.309 e. The molecule has 0 radical (unpaired) electrons. The molecule has 1 amide bonds. The quantitative estimate of drug-likeness (QED) is 0.901. The van der Waals surface area contributed by atoms with Crippen LogP contribution in [0.2, 0.25) is 0 Å². The summed E-state index contributed by atoms with van der Waals surface area (Å²) in [4.78, 5) is 29.8. The molecule has 2 heterocycles. The van der Waals surface area contributed by atoms with E-state index in [1.807, 2.05) is 11.5 Å². The average Bonchev–Trinajstić information content (AvgIpc) is 2.82. The van der Waals surface area contributed by atoms with Gasteiger partial charge in [0.05, 0.1) is 30.2 Å². The highest BCUT2D eigenvalue weighted by atomic mass is 16.4. The van der Waals surface area contributed by atoms with Crippen molar-refractivity contribution in [2.45, 2.75) is 52.1 Å². The van der Waals surface area contributed by atoms with Crippen molar-refractivity contribution in [1.82, 2.24) is 14.5 Å². The number of amides is 1. The Morgan fingerprint density at radius 2 is 2.24 bits per heavy atom. The molecule has 1 N–H and O–H groups in total. The third-order valence-electron chi connectivity index (χ3n) is 4.11. The fourth-order valence-electron chi connectivity index (χ4n) is 3.15. The zero-order valence-corrected chi connectivity index (χ0v) is 12.7. The average molecular weight is 293 g/mol. The van der Waals surface area contributed by atoms with E-state index >= 15 is 0 Å². The van der Waals surface area contributed by atoms with Gasteiger partial charge in [-0.15, -0.1) is 0 Å². The maximum absolute atomic E-state index is 12.3. The molecule has 1 aliphatic rings. The topological polar surface area (TPSA) is 75.4 Å². The number of rotatable bonds is 5. The van der Waals surface area contributed by atoms with Crippen LogP contribution in [0.1, 0.15) is 51.3 Å². The number of aryl methyl sites for hydroxylation is 1. The van der Waals surface area contributed by atoms with Crippen molar-refractivity contribution in [2.75, 3.05) is 6.54 Å². The number of carboxylic acid groups (broad SMARTS) is 1. The largest absolute Gasteiger partial charge is 0.481 e. The normalized spacial score (nSPS) is 23.1. The van der Waals surface area contributed by atoms with Crippen molar-refractivity contribution >= 4 is 11.9 Å². The molecule has 2 atom stereocenters. The molecule has 6 heteroatoms. The SMILES string of the molecule is CCCn1cncc1C1C(C(=O)O)CCCC(=O)N1CC. The lowest BCUT2D eigenvalue weighted by atomic mass is 9.92. The number of carbonyl (C=O) groups excluding carboxylic acids is 1. The number of likely N-dealkylation sites (tertiary alicyclic amines) is 1. The molecule has 1 aliphatic heterocycles. The lowest BCUT2D eigenvalue weighted by Gasteiger charge is -2.33. The van der Waals surface area contributed by atoms with E-state index in [0.29, 0.717) is 25.8 Å². The second kappa shape index (κ2) is 6.74. The van der Waals surface area contributed by atoms with Crippen LogP contribution in [-0.2, 0) is 16.1 Å². The third kappa shape index (κ3) is 3.09. The first kappa shape index (κ1) is 15.5. The molecule has 6 nitrogen and oxygen atoms in total. The monoisotopic (exact) mass is 293 g/mol. The highest BCUT2D eigenvalue weighted by Crippen LogP contribution is 2.35. The molecule has 0 aliphatic carbocycles. The van der Waals surface area contributed by atoms with E-state index in [0.717, 1.165) is 18.7 Å². The highest BCUT2D eigenvalue weighted by molar-refractivity contribution is 5.79. The van der Waals surface area contributed by atoms with Crippen LogP contribution in [0.15, 0.2) is 12.5 Å². The molecule has 0 spiro atoms. The van der Waals surface area contributed by atoms with Crippen LogP contribution in [0.25, 0.3) is 0 Å². The molecule has 116 valence electrons. The van der Waals surface area contributed by atoms with Crippen LogP contribution < -0.4 is 0 Å². The molecular formula is C15H23N3O3. The zero-order chi connectivity index (χ0) is 15.4. The number of aromatic nitrogens is 2. The number of aliphatic carboxylic acids is 1. The molecule has 2 unspecified atom stereocenters. The first-order valence-electron chi connectivity index (χ1n) is 7.62. The fourth-order valence-corrected chi connectivity index (χ4v) is 3.15. The van der Waals surface area contributed by atoms with E-state index in [4.69, 9.17) is 0 Å². The molecule has 0 saturated carbocycles. The van der Waals surface area contributed by atoms with E-state index < -0.39 is 17.9 Å². The van der Waals surface area contributed by atoms with Gasteiger partial charge in [0.2, 0.25) is 5.91 Å². The minimum Gasteiger partial charge on any atom is -0.481 e. The Labute approximate surface area is 124 Å². The first-order chi connectivity index (χ1) is 10.1. The van der Waals surface area contributed by atoms with Crippen LogP contribution in [0, 0.1) is 5.92 Å².